The molecule has 1 rings (SSSR count). The summed E-state index contributed by atoms with van der Waals surface area (Å²) in [5.41, 5.74) is -0.825. The molecule has 1 aliphatic rings. The largest absolute Gasteiger partial charge is 0.447 e. The van der Waals surface area contributed by atoms with Crippen LogP contribution in [0.2, 0.25) is 0 Å². The van der Waals surface area contributed by atoms with Crippen molar-refractivity contribution >= 4 is 5.97 Å². The van der Waals surface area contributed by atoms with Crippen LogP contribution in [0.25, 0.3) is 0 Å². The van der Waals surface area contributed by atoms with E-state index in [2.05, 4.69) is 6.58 Å². The summed E-state index contributed by atoms with van der Waals surface area (Å²) in [6, 6.07) is 0. The molecule has 3 atom stereocenters. The molecule has 0 aromatic rings. The molecule has 0 fully saturated rings. The Kier molecular flexibility index (Phi) is 4.26. The first-order valence-corrected chi connectivity index (χ1v) is 5.41. The summed E-state index contributed by atoms with van der Waals surface area (Å²) in [5, 5.41) is 18.5. The highest BCUT2D eigenvalue weighted by molar-refractivity contribution is 5.85. The van der Waals surface area contributed by atoms with Gasteiger partial charge >= 0.3 is 5.97 Å². The summed E-state index contributed by atoms with van der Waals surface area (Å²) in [5.74, 6) is -0.521. The van der Waals surface area contributed by atoms with E-state index in [0.717, 1.165) is 0 Å². The molecule has 0 saturated heterocycles. The third kappa shape index (κ3) is 2.71. The Labute approximate surface area is 95.2 Å². The number of cyclic esters (lactones) is 1. The molecular formula is C12H18O4. The van der Waals surface area contributed by atoms with Crippen molar-refractivity contribution in [2.75, 3.05) is 6.61 Å². The SMILES string of the molecule is C=C[C@@]1(C[C@@H](CC)[C@H](O)CO)C=CC(=O)O1. The smallest absolute Gasteiger partial charge is 0.331 e. The molecule has 0 aliphatic carbocycles. The zero-order valence-electron chi connectivity index (χ0n) is 9.43. The molecule has 0 aromatic heterocycles. The summed E-state index contributed by atoms with van der Waals surface area (Å²) in [6.45, 7) is 5.28. The number of aliphatic hydroxyl groups excluding tert-OH is 2. The van der Waals surface area contributed by atoms with E-state index in [0.29, 0.717) is 12.8 Å². The third-order valence-corrected chi connectivity index (χ3v) is 2.97. The van der Waals surface area contributed by atoms with Gasteiger partial charge in [0.2, 0.25) is 0 Å². The van der Waals surface area contributed by atoms with Crippen LogP contribution in [0.15, 0.2) is 24.8 Å². The highest BCUT2D eigenvalue weighted by Gasteiger charge is 2.36. The fraction of sp³-hybridized carbons (Fsp3) is 0.583. The van der Waals surface area contributed by atoms with E-state index in [1.807, 2.05) is 6.92 Å². The number of hydrogen-bond acceptors (Lipinski definition) is 4. The van der Waals surface area contributed by atoms with Crippen LogP contribution in [-0.4, -0.2) is 34.5 Å². The summed E-state index contributed by atoms with van der Waals surface area (Å²) < 4.78 is 5.16. The average Bonchev–Trinajstić information content (AvgIpc) is 2.67. The number of ether oxygens (including phenoxy) is 1. The van der Waals surface area contributed by atoms with E-state index in [1.165, 1.54) is 6.08 Å². The van der Waals surface area contributed by atoms with Gasteiger partial charge in [-0.25, -0.2) is 4.79 Å². The van der Waals surface area contributed by atoms with Crippen molar-refractivity contribution in [3.8, 4) is 0 Å². The van der Waals surface area contributed by atoms with E-state index in [-0.39, 0.29) is 12.5 Å². The highest BCUT2D eigenvalue weighted by Crippen LogP contribution is 2.31. The van der Waals surface area contributed by atoms with Crippen molar-refractivity contribution in [1.29, 1.82) is 0 Å². The Morgan fingerprint density at radius 1 is 1.69 bits per heavy atom. The quantitative estimate of drug-likeness (QED) is 0.519. The molecule has 4 nitrogen and oxygen atoms in total. The lowest BCUT2D eigenvalue weighted by atomic mass is 9.85. The second-order valence-corrected chi connectivity index (χ2v) is 4.04. The predicted molar refractivity (Wildman–Crippen MR) is 59.7 cm³/mol. The number of aliphatic hydroxyl groups is 2. The van der Waals surface area contributed by atoms with E-state index in [4.69, 9.17) is 9.84 Å². The molecule has 1 aliphatic heterocycles. The number of carbonyl (C=O) groups excluding carboxylic acids is 1. The lowest BCUT2D eigenvalue weighted by molar-refractivity contribution is -0.144. The van der Waals surface area contributed by atoms with Crippen LogP contribution in [0, 0.1) is 5.92 Å². The maximum atomic E-state index is 11.1. The Hall–Kier alpha value is -1.13. The maximum Gasteiger partial charge on any atom is 0.331 e. The van der Waals surface area contributed by atoms with Gasteiger partial charge in [0, 0.05) is 12.5 Å². The van der Waals surface area contributed by atoms with Crippen molar-refractivity contribution < 1.29 is 19.7 Å². The van der Waals surface area contributed by atoms with Crippen molar-refractivity contribution in [2.24, 2.45) is 5.92 Å². The molecule has 0 bridgehead atoms. The molecular weight excluding hydrogens is 208 g/mol. The Bertz CT molecular complexity index is 297. The Morgan fingerprint density at radius 2 is 2.38 bits per heavy atom. The zero-order chi connectivity index (χ0) is 12.2. The van der Waals surface area contributed by atoms with Gasteiger partial charge in [-0.05, 0) is 18.1 Å². The van der Waals surface area contributed by atoms with Crippen molar-refractivity contribution in [2.45, 2.75) is 31.5 Å². The van der Waals surface area contributed by atoms with E-state index < -0.39 is 17.7 Å². The molecule has 0 spiro atoms. The monoisotopic (exact) mass is 226 g/mol. The van der Waals surface area contributed by atoms with Crippen LogP contribution in [0.4, 0.5) is 0 Å². The topological polar surface area (TPSA) is 66.8 Å². The Morgan fingerprint density at radius 3 is 2.75 bits per heavy atom. The summed E-state index contributed by atoms with van der Waals surface area (Å²) in [4.78, 5) is 11.1. The molecule has 2 N–H and O–H groups in total. The first-order chi connectivity index (χ1) is 7.56. The maximum absolute atomic E-state index is 11.1. The van der Waals surface area contributed by atoms with E-state index in [9.17, 15) is 9.90 Å². The first-order valence-electron chi connectivity index (χ1n) is 5.41. The fourth-order valence-corrected chi connectivity index (χ4v) is 1.88. The summed E-state index contributed by atoms with van der Waals surface area (Å²) >= 11 is 0. The molecule has 0 saturated carbocycles. The lowest BCUT2D eigenvalue weighted by Gasteiger charge is -2.29. The van der Waals surface area contributed by atoms with Crippen LogP contribution in [0.3, 0.4) is 0 Å². The third-order valence-electron chi connectivity index (χ3n) is 2.97. The van der Waals surface area contributed by atoms with Gasteiger partial charge in [-0.1, -0.05) is 19.9 Å². The van der Waals surface area contributed by atoms with Crippen molar-refractivity contribution in [3.63, 3.8) is 0 Å². The predicted octanol–water partition coefficient (Wildman–Crippen LogP) is 0.794. The van der Waals surface area contributed by atoms with Gasteiger partial charge < -0.3 is 14.9 Å². The van der Waals surface area contributed by atoms with Crippen LogP contribution >= 0.6 is 0 Å². The molecule has 0 radical (unpaired) electrons. The van der Waals surface area contributed by atoms with Gasteiger partial charge in [-0.15, -0.1) is 0 Å². The van der Waals surface area contributed by atoms with Crippen LogP contribution in [-0.2, 0) is 9.53 Å². The number of hydrogen-bond donors (Lipinski definition) is 2. The molecule has 0 amide bonds. The molecule has 4 heteroatoms. The summed E-state index contributed by atoms with van der Waals surface area (Å²) in [6.07, 6.45) is 4.91. The second-order valence-electron chi connectivity index (χ2n) is 4.04. The molecule has 1 heterocycles. The van der Waals surface area contributed by atoms with Gasteiger partial charge in [0.15, 0.2) is 0 Å². The summed E-state index contributed by atoms with van der Waals surface area (Å²) in [7, 11) is 0. The van der Waals surface area contributed by atoms with Gasteiger partial charge in [-0.3, -0.25) is 0 Å². The zero-order valence-corrected chi connectivity index (χ0v) is 9.43. The van der Waals surface area contributed by atoms with E-state index >= 15 is 0 Å². The minimum atomic E-state index is -0.825. The Balaban J connectivity index is 2.73. The van der Waals surface area contributed by atoms with Crippen molar-refractivity contribution in [3.05, 3.63) is 24.8 Å². The number of carbonyl (C=O) groups is 1. The normalized spacial score (nSPS) is 27.6. The standard InChI is InChI=1S/C12H18O4/c1-3-9(10(14)8-13)7-12(4-2)6-5-11(15)16-12/h4-6,9-10,13-14H,2-3,7-8H2,1H3/t9-,10-,12+/m1/s1. The minimum Gasteiger partial charge on any atom is -0.447 e. The van der Waals surface area contributed by atoms with Crippen molar-refractivity contribution in [1.82, 2.24) is 0 Å². The van der Waals surface area contributed by atoms with Gasteiger partial charge in [0.05, 0.1) is 12.7 Å². The lowest BCUT2D eigenvalue weighted by Crippen LogP contribution is -2.34. The second kappa shape index (κ2) is 5.27. The highest BCUT2D eigenvalue weighted by atomic mass is 16.6. The van der Waals surface area contributed by atoms with Gasteiger partial charge in [0.25, 0.3) is 0 Å². The van der Waals surface area contributed by atoms with E-state index in [1.54, 1.807) is 12.2 Å². The molecule has 0 unspecified atom stereocenters. The van der Waals surface area contributed by atoms with Gasteiger partial charge in [-0.2, -0.15) is 0 Å². The van der Waals surface area contributed by atoms with Crippen LogP contribution in [0.5, 0.6) is 0 Å². The fourth-order valence-electron chi connectivity index (χ4n) is 1.88. The average molecular weight is 226 g/mol. The van der Waals surface area contributed by atoms with Crippen LogP contribution in [0.1, 0.15) is 19.8 Å². The van der Waals surface area contributed by atoms with Gasteiger partial charge in [0.1, 0.15) is 5.60 Å². The minimum absolute atomic E-state index is 0.126. The first kappa shape index (κ1) is 12.9. The molecule has 0 aromatic carbocycles. The molecule has 90 valence electrons. The molecule has 16 heavy (non-hydrogen) atoms. The number of esters is 1. The number of rotatable bonds is 6. The van der Waals surface area contributed by atoms with Crippen LogP contribution < -0.4 is 0 Å².